The number of rotatable bonds is 5. The van der Waals surface area contributed by atoms with Gasteiger partial charge in [-0.1, -0.05) is 29.8 Å². The highest BCUT2D eigenvalue weighted by atomic mass is 35.5. The van der Waals surface area contributed by atoms with Gasteiger partial charge in [0.15, 0.2) is 5.82 Å². The van der Waals surface area contributed by atoms with E-state index in [1.165, 1.54) is 0 Å². The molecule has 1 saturated heterocycles. The highest BCUT2D eigenvalue weighted by Gasteiger charge is 2.27. The Bertz CT molecular complexity index is 1060. The highest BCUT2D eigenvalue weighted by molar-refractivity contribution is 6.31. The number of nitrogens with zero attached hydrogens (tertiary/aromatic N) is 4. The van der Waals surface area contributed by atoms with Gasteiger partial charge >= 0.3 is 0 Å². The number of hydrogen-bond acceptors (Lipinski definition) is 6. The predicted molar refractivity (Wildman–Crippen MR) is 119 cm³/mol. The maximum Gasteiger partial charge on any atom is 0.151 e. The Balaban J connectivity index is 1.46. The molecular formula is C23H26ClN5O2. The number of fused-ring (bicyclic) bond motifs is 3. The Morgan fingerprint density at radius 1 is 1.13 bits per heavy atom. The zero-order chi connectivity index (χ0) is 21.2. The standard InChI is InChI=1S/C23H26ClN5O2/c1-16-26-27-22-15-25-23(18-4-2-3-5-20(18)24)19-14-17(6-7-21(19)29(16)22)31-13-10-28-8-11-30-12-9-28/h2-7,14,23,25H,8-13,15H2,1H3. The lowest BCUT2D eigenvalue weighted by atomic mass is 9.97. The lowest BCUT2D eigenvalue weighted by molar-refractivity contribution is 0.0322. The number of morpholine rings is 1. The van der Waals surface area contributed by atoms with Crippen molar-refractivity contribution >= 4 is 11.6 Å². The van der Waals surface area contributed by atoms with Crippen LogP contribution in [0.25, 0.3) is 5.69 Å². The number of aryl methyl sites for hydroxylation is 1. The van der Waals surface area contributed by atoms with Crippen LogP contribution >= 0.6 is 11.6 Å². The van der Waals surface area contributed by atoms with Crippen LogP contribution < -0.4 is 10.1 Å². The third-order valence-electron chi connectivity index (χ3n) is 5.90. The van der Waals surface area contributed by atoms with E-state index in [0.717, 1.165) is 72.1 Å². The van der Waals surface area contributed by atoms with E-state index in [2.05, 4.69) is 43.2 Å². The second kappa shape index (κ2) is 8.96. The van der Waals surface area contributed by atoms with E-state index >= 15 is 0 Å². The molecule has 0 aliphatic carbocycles. The number of nitrogens with one attached hydrogen (secondary N) is 1. The smallest absolute Gasteiger partial charge is 0.151 e. The van der Waals surface area contributed by atoms with Gasteiger partial charge in [0.2, 0.25) is 0 Å². The molecule has 2 aromatic carbocycles. The Labute approximate surface area is 186 Å². The van der Waals surface area contributed by atoms with E-state index in [4.69, 9.17) is 21.1 Å². The molecule has 0 radical (unpaired) electrons. The molecule has 0 bridgehead atoms. The van der Waals surface area contributed by atoms with Crippen molar-refractivity contribution < 1.29 is 9.47 Å². The molecule has 1 aromatic heterocycles. The summed E-state index contributed by atoms with van der Waals surface area (Å²) in [6, 6.07) is 14.1. The quantitative estimate of drug-likeness (QED) is 0.659. The molecular weight excluding hydrogens is 414 g/mol. The first-order valence-corrected chi connectivity index (χ1v) is 11.0. The largest absolute Gasteiger partial charge is 0.492 e. The summed E-state index contributed by atoms with van der Waals surface area (Å²) in [6.07, 6.45) is 0. The monoisotopic (exact) mass is 439 g/mol. The first-order valence-electron chi connectivity index (χ1n) is 10.7. The number of halogens is 1. The van der Waals surface area contributed by atoms with E-state index < -0.39 is 0 Å². The molecule has 1 unspecified atom stereocenters. The third kappa shape index (κ3) is 4.19. The molecule has 2 aliphatic rings. The van der Waals surface area contributed by atoms with Gasteiger partial charge in [-0.15, -0.1) is 10.2 Å². The number of ether oxygens (including phenoxy) is 2. The lowest BCUT2D eigenvalue weighted by Gasteiger charge is -2.26. The number of hydrogen-bond donors (Lipinski definition) is 1. The zero-order valence-corrected chi connectivity index (χ0v) is 18.3. The topological polar surface area (TPSA) is 64.4 Å². The number of benzene rings is 2. The molecule has 0 spiro atoms. The average Bonchev–Trinajstić information content (AvgIpc) is 3.07. The summed E-state index contributed by atoms with van der Waals surface area (Å²) in [5, 5.41) is 13.0. The van der Waals surface area contributed by atoms with Crippen molar-refractivity contribution in [3.05, 3.63) is 70.3 Å². The minimum absolute atomic E-state index is 0.0763. The Morgan fingerprint density at radius 3 is 2.81 bits per heavy atom. The maximum atomic E-state index is 6.58. The van der Waals surface area contributed by atoms with Crippen LogP contribution in [0.3, 0.4) is 0 Å². The highest BCUT2D eigenvalue weighted by Crippen LogP contribution is 2.36. The van der Waals surface area contributed by atoms with E-state index in [9.17, 15) is 0 Å². The first-order chi connectivity index (χ1) is 15.2. The summed E-state index contributed by atoms with van der Waals surface area (Å²) < 4.78 is 13.7. The Hall–Kier alpha value is -2.45. The third-order valence-corrected chi connectivity index (χ3v) is 6.25. The summed E-state index contributed by atoms with van der Waals surface area (Å²) in [4.78, 5) is 2.37. The van der Waals surface area contributed by atoms with Crippen LogP contribution in [0.4, 0.5) is 0 Å². The molecule has 7 nitrogen and oxygen atoms in total. The van der Waals surface area contributed by atoms with Crippen LogP contribution in [-0.4, -0.2) is 59.1 Å². The molecule has 2 aliphatic heterocycles. The molecule has 1 fully saturated rings. The lowest BCUT2D eigenvalue weighted by Crippen LogP contribution is -2.38. The van der Waals surface area contributed by atoms with Crippen LogP contribution in [-0.2, 0) is 11.3 Å². The summed E-state index contributed by atoms with van der Waals surface area (Å²) in [5.74, 6) is 2.59. The number of aromatic nitrogens is 3. The SMILES string of the molecule is Cc1nnc2n1-c1ccc(OCCN3CCOCC3)cc1C(c1ccccc1Cl)NC2. The predicted octanol–water partition coefficient (Wildman–Crippen LogP) is 3.13. The van der Waals surface area contributed by atoms with Crippen molar-refractivity contribution in [2.45, 2.75) is 19.5 Å². The maximum absolute atomic E-state index is 6.58. The fourth-order valence-electron chi connectivity index (χ4n) is 4.30. The first kappa shape index (κ1) is 20.5. The van der Waals surface area contributed by atoms with Crippen LogP contribution in [0.1, 0.15) is 28.8 Å². The summed E-state index contributed by atoms with van der Waals surface area (Å²) >= 11 is 6.58. The van der Waals surface area contributed by atoms with E-state index in [0.29, 0.717) is 13.2 Å². The molecule has 162 valence electrons. The van der Waals surface area contributed by atoms with Gasteiger partial charge in [0.05, 0.1) is 31.5 Å². The van der Waals surface area contributed by atoms with Gasteiger partial charge in [-0.05, 0) is 36.8 Å². The van der Waals surface area contributed by atoms with E-state index in [1.54, 1.807) is 0 Å². The molecule has 31 heavy (non-hydrogen) atoms. The zero-order valence-electron chi connectivity index (χ0n) is 17.6. The molecule has 0 saturated carbocycles. The fourth-order valence-corrected chi connectivity index (χ4v) is 4.54. The molecule has 0 amide bonds. The van der Waals surface area contributed by atoms with Crippen LogP contribution in [0.5, 0.6) is 5.75 Å². The summed E-state index contributed by atoms with van der Waals surface area (Å²) in [6.45, 7) is 7.61. The van der Waals surface area contributed by atoms with Crippen LogP contribution in [0.15, 0.2) is 42.5 Å². The molecule has 8 heteroatoms. The molecule has 1 N–H and O–H groups in total. The molecule has 5 rings (SSSR count). The average molecular weight is 440 g/mol. The van der Waals surface area contributed by atoms with E-state index in [-0.39, 0.29) is 6.04 Å². The van der Waals surface area contributed by atoms with Gasteiger partial charge < -0.3 is 9.47 Å². The minimum Gasteiger partial charge on any atom is -0.492 e. The van der Waals surface area contributed by atoms with Gasteiger partial charge in [0.25, 0.3) is 0 Å². The normalized spacial score (nSPS) is 18.8. The Morgan fingerprint density at radius 2 is 1.97 bits per heavy atom. The minimum atomic E-state index is -0.0763. The van der Waals surface area contributed by atoms with Crippen molar-refractivity contribution in [3.8, 4) is 11.4 Å². The fraction of sp³-hybridized carbons (Fsp3) is 0.391. The summed E-state index contributed by atoms with van der Waals surface area (Å²) in [7, 11) is 0. The van der Waals surface area contributed by atoms with Crippen LogP contribution in [0.2, 0.25) is 5.02 Å². The van der Waals surface area contributed by atoms with Gasteiger partial charge in [0, 0.05) is 30.2 Å². The van der Waals surface area contributed by atoms with E-state index in [1.807, 2.05) is 31.2 Å². The summed E-state index contributed by atoms with van der Waals surface area (Å²) in [5.41, 5.74) is 3.18. The van der Waals surface area contributed by atoms with Crippen LogP contribution in [0, 0.1) is 6.92 Å². The molecule has 1 atom stereocenters. The van der Waals surface area contributed by atoms with Gasteiger partial charge in [0.1, 0.15) is 18.2 Å². The van der Waals surface area contributed by atoms with Crippen molar-refractivity contribution in [2.75, 3.05) is 39.5 Å². The van der Waals surface area contributed by atoms with Crippen molar-refractivity contribution in [3.63, 3.8) is 0 Å². The van der Waals surface area contributed by atoms with Crippen molar-refractivity contribution in [2.24, 2.45) is 0 Å². The van der Waals surface area contributed by atoms with Crippen molar-refractivity contribution in [1.29, 1.82) is 0 Å². The second-order valence-corrected chi connectivity index (χ2v) is 8.26. The van der Waals surface area contributed by atoms with Gasteiger partial charge in [-0.3, -0.25) is 14.8 Å². The second-order valence-electron chi connectivity index (χ2n) is 7.86. The van der Waals surface area contributed by atoms with Crippen molar-refractivity contribution in [1.82, 2.24) is 25.0 Å². The van der Waals surface area contributed by atoms with Gasteiger partial charge in [-0.2, -0.15) is 0 Å². The van der Waals surface area contributed by atoms with Gasteiger partial charge in [-0.25, -0.2) is 0 Å². The molecule has 3 heterocycles. The Kier molecular flexibility index (Phi) is 5.91. The molecule has 3 aromatic rings.